The number of nitrogen functional groups attached to an aromatic ring is 1. The highest BCUT2D eigenvalue weighted by atomic mass is 16.4. The number of aliphatic carboxylic acids is 1. The van der Waals surface area contributed by atoms with Crippen LogP contribution in [0.4, 0.5) is 5.69 Å². The molecule has 98 valence electrons. The Kier molecular flexibility index (Phi) is 4.04. The van der Waals surface area contributed by atoms with E-state index in [9.17, 15) is 9.90 Å². The minimum Gasteiger partial charge on any atom is -0.480 e. The molecule has 6 heteroatoms. The van der Waals surface area contributed by atoms with Gasteiger partial charge >= 0.3 is 5.97 Å². The maximum absolute atomic E-state index is 11.3. The molecule has 0 radical (unpaired) electrons. The van der Waals surface area contributed by atoms with Crippen LogP contribution in [0.15, 0.2) is 42.7 Å². The molecule has 0 spiro atoms. The van der Waals surface area contributed by atoms with E-state index in [1.54, 1.807) is 24.3 Å². The van der Waals surface area contributed by atoms with Gasteiger partial charge in [-0.1, -0.05) is 30.3 Å². The maximum atomic E-state index is 11.3. The lowest BCUT2D eigenvalue weighted by Crippen LogP contribution is -2.28. The van der Waals surface area contributed by atoms with E-state index in [2.05, 4.69) is 15.3 Å². The molecule has 2 aromatic rings. The summed E-state index contributed by atoms with van der Waals surface area (Å²) >= 11 is 0. The number of anilines is 1. The Bertz CT molecular complexity index is 542. The molecule has 0 aliphatic carbocycles. The number of benzene rings is 1. The third-order valence-electron chi connectivity index (χ3n) is 2.57. The first kappa shape index (κ1) is 13.0. The molecule has 0 aliphatic rings. The van der Waals surface area contributed by atoms with Gasteiger partial charge in [0.2, 0.25) is 0 Å². The molecule has 0 saturated heterocycles. The number of nitrogens with zero attached hydrogens (tertiary/aromatic N) is 2. The van der Waals surface area contributed by atoms with Crippen LogP contribution >= 0.6 is 0 Å². The number of hydrogen-bond donors (Lipinski definition) is 3. The van der Waals surface area contributed by atoms with Crippen molar-refractivity contribution in [2.24, 2.45) is 0 Å². The van der Waals surface area contributed by atoms with Crippen molar-refractivity contribution in [3.63, 3.8) is 0 Å². The Morgan fingerprint density at radius 1 is 1.26 bits per heavy atom. The molecule has 0 aliphatic heterocycles. The van der Waals surface area contributed by atoms with Crippen LogP contribution in [0.5, 0.6) is 0 Å². The van der Waals surface area contributed by atoms with Gasteiger partial charge in [0.05, 0.1) is 24.6 Å². The standard InChI is InChI=1S/C13H14N4O2/c14-10-6-15-11(16-7-10)8-17-12(13(18)19)9-4-2-1-3-5-9/h1-7,12,17H,8,14H2,(H,18,19). The molecule has 0 fully saturated rings. The van der Waals surface area contributed by atoms with Crippen LogP contribution in [-0.2, 0) is 11.3 Å². The second-order valence-corrected chi connectivity index (χ2v) is 4.00. The van der Waals surface area contributed by atoms with Gasteiger partial charge in [-0.3, -0.25) is 10.1 Å². The van der Waals surface area contributed by atoms with Crippen LogP contribution in [0.2, 0.25) is 0 Å². The molecule has 19 heavy (non-hydrogen) atoms. The second kappa shape index (κ2) is 5.92. The molecule has 2 rings (SSSR count). The monoisotopic (exact) mass is 258 g/mol. The van der Waals surface area contributed by atoms with Crippen LogP contribution in [0.1, 0.15) is 17.4 Å². The predicted octanol–water partition coefficient (Wildman–Crippen LogP) is 0.974. The van der Waals surface area contributed by atoms with Gasteiger partial charge in [0.1, 0.15) is 11.9 Å². The zero-order chi connectivity index (χ0) is 13.7. The minimum atomic E-state index is -0.943. The zero-order valence-electron chi connectivity index (χ0n) is 10.2. The Morgan fingerprint density at radius 2 is 1.89 bits per heavy atom. The van der Waals surface area contributed by atoms with Gasteiger partial charge in [-0.2, -0.15) is 0 Å². The van der Waals surface area contributed by atoms with Crippen LogP contribution in [0.25, 0.3) is 0 Å². The molecule has 1 heterocycles. The zero-order valence-corrected chi connectivity index (χ0v) is 10.2. The van der Waals surface area contributed by atoms with Crippen molar-refractivity contribution in [1.29, 1.82) is 0 Å². The van der Waals surface area contributed by atoms with Crippen LogP contribution in [0, 0.1) is 0 Å². The van der Waals surface area contributed by atoms with Gasteiger partial charge in [-0.25, -0.2) is 9.97 Å². The van der Waals surface area contributed by atoms with Crippen molar-refractivity contribution in [3.05, 3.63) is 54.1 Å². The van der Waals surface area contributed by atoms with E-state index in [-0.39, 0.29) is 6.54 Å². The molecule has 1 aromatic carbocycles. The Hall–Kier alpha value is -2.47. The van der Waals surface area contributed by atoms with Crippen molar-refractivity contribution >= 4 is 11.7 Å². The molecule has 0 bridgehead atoms. The van der Waals surface area contributed by atoms with Crippen LogP contribution in [-0.4, -0.2) is 21.0 Å². The van der Waals surface area contributed by atoms with E-state index >= 15 is 0 Å². The number of carbonyl (C=O) groups is 1. The van der Waals surface area contributed by atoms with Crippen molar-refractivity contribution < 1.29 is 9.90 Å². The first-order valence-electron chi connectivity index (χ1n) is 5.74. The number of carboxylic acid groups (broad SMARTS) is 1. The lowest BCUT2D eigenvalue weighted by molar-refractivity contribution is -0.139. The van der Waals surface area contributed by atoms with Crippen LogP contribution < -0.4 is 11.1 Å². The molecule has 6 nitrogen and oxygen atoms in total. The van der Waals surface area contributed by atoms with Crippen molar-refractivity contribution in [2.75, 3.05) is 5.73 Å². The van der Waals surface area contributed by atoms with Gasteiger partial charge in [0, 0.05) is 0 Å². The van der Waals surface area contributed by atoms with Crippen molar-refractivity contribution in [2.45, 2.75) is 12.6 Å². The van der Waals surface area contributed by atoms with E-state index in [1.807, 2.05) is 6.07 Å². The van der Waals surface area contributed by atoms with Crippen molar-refractivity contribution in [3.8, 4) is 0 Å². The quantitative estimate of drug-likeness (QED) is 0.738. The highest BCUT2D eigenvalue weighted by Crippen LogP contribution is 2.13. The lowest BCUT2D eigenvalue weighted by Gasteiger charge is -2.14. The average Bonchev–Trinajstić information content (AvgIpc) is 2.42. The summed E-state index contributed by atoms with van der Waals surface area (Å²) < 4.78 is 0. The largest absolute Gasteiger partial charge is 0.480 e. The molecule has 0 saturated carbocycles. The van der Waals surface area contributed by atoms with E-state index in [0.29, 0.717) is 17.1 Å². The SMILES string of the molecule is Nc1cnc(CNC(C(=O)O)c2ccccc2)nc1. The predicted molar refractivity (Wildman–Crippen MR) is 70.1 cm³/mol. The van der Waals surface area contributed by atoms with E-state index < -0.39 is 12.0 Å². The number of nitrogens with two attached hydrogens (primary N) is 1. The Balaban J connectivity index is 2.06. The molecular formula is C13H14N4O2. The minimum absolute atomic E-state index is 0.256. The summed E-state index contributed by atoms with van der Waals surface area (Å²) in [6.07, 6.45) is 2.98. The summed E-state index contributed by atoms with van der Waals surface area (Å²) in [6, 6.07) is 8.16. The number of rotatable bonds is 5. The molecule has 1 atom stereocenters. The number of carboxylic acids is 1. The normalized spacial score (nSPS) is 12.0. The molecular weight excluding hydrogens is 244 g/mol. The first-order chi connectivity index (χ1) is 9.16. The van der Waals surface area contributed by atoms with Gasteiger partial charge in [0.15, 0.2) is 0 Å². The Labute approximate surface area is 110 Å². The fourth-order valence-corrected chi connectivity index (χ4v) is 1.64. The average molecular weight is 258 g/mol. The third-order valence-corrected chi connectivity index (χ3v) is 2.57. The van der Waals surface area contributed by atoms with E-state index in [0.717, 1.165) is 0 Å². The van der Waals surface area contributed by atoms with Crippen molar-refractivity contribution in [1.82, 2.24) is 15.3 Å². The summed E-state index contributed by atoms with van der Waals surface area (Å²) in [5, 5.41) is 12.1. The van der Waals surface area contributed by atoms with E-state index in [1.165, 1.54) is 12.4 Å². The Morgan fingerprint density at radius 3 is 2.47 bits per heavy atom. The second-order valence-electron chi connectivity index (χ2n) is 4.00. The maximum Gasteiger partial charge on any atom is 0.325 e. The highest BCUT2D eigenvalue weighted by molar-refractivity contribution is 5.75. The first-order valence-corrected chi connectivity index (χ1v) is 5.74. The van der Waals surface area contributed by atoms with Gasteiger partial charge in [0.25, 0.3) is 0 Å². The molecule has 4 N–H and O–H groups in total. The topological polar surface area (TPSA) is 101 Å². The number of nitrogens with one attached hydrogen (secondary N) is 1. The molecule has 0 amide bonds. The summed E-state index contributed by atoms with van der Waals surface area (Å²) in [6.45, 7) is 0.256. The van der Waals surface area contributed by atoms with Gasteiger partial charge < -0.3 is 10.8 Å². The fourth-order valence-electron chi connectivity index (χ4n) is 1.64. The molecule has 1 unspecified atom stereocenters. The summed E-state index contributed by atoms with van der Waals surface area (Å²) in [5.41, 5.74) is 6.64. The molecule has 1 aromatic heterocycles. The lowest BCUT2D eigenvalue weighted by atomic mass is 10.1. The summed E-state index contributed by atoms with van der Waals surface area (Å²) in [5.74, 6) is -0.446. The third kappa shape index (κ3) is 3.49. The van der Waals surface area contributed by atoms with Gasteiger partial charge in [-0.05, 0) is 5.56 Å². The smallest absolute Gasteiger partial charge is 0.325 e. The highest BCUT2D eigenvalue weighted by Gasteiger charge is 2.18. The fraction of sp³-hybridized carbons (Fsp3) is 0.154. The number of hydrogen-bond acceptors (Lipinski definition) is 5. The van der Waals surface area contributed by atoms with Gasteiger partial charge in [-0.15, -0.1) is 0 Å². The summed E-state index contributed by atoms with van der Waals surface area (Å²) in [4.78, 5) is 19.3. The number of aromatic nitrogens is 2. The van der Waals surface area contributed by atoms with E-state index in [4.69, 9.17) is 5.73 Å². The van der Waals surface area contributed by atoms with Crippen LogP contribution in [0.3, 0.4) is 0 Å². The summed E-state index contributed by atoms with van der Waals surface area (Å²) in [7, 11) is 0.